The van der Waals surface area contributed by atoms with Crippen LogP contribution in [0.3, 0.4) is 0 Å². The van der Waals surface area contributed by atoms with Crippen molar-refractivity contribution in [3.63, 3.8) is 0 Å². The summed E-state index contributed by atoms with van der Waals surface area (Å²) in [6.45, 7) is 4.56. The van der Waals surface area contributed by atoms with Gasteiger partial charge in [-0.05, 0) is 65.0 Å². The monoisotopic (exact) mass is 288 g/mol. The zero-order valence-electron chi connectivity index (χ0n) is 13.6. The van der Waals surface area contributed by atoms with E-state index in [4.69, 9.17) is 0 Å². The van der Waals surface area contributed by atoms with Gasteiger partial charge in [-0.25, -0.2) is 0 Å². The first-order chi connectivity index (χ1) is 10.1. The van der Waals surface area contributed by atoms with Crippen molar-refractivity contribution in [3.05, 3.63) is 23.3 Å². The van der Waals surface area contributed by atoms with Crippen molar-refractivity contribution in [1.29, 1.82) is 0 Å². The van der Waals surface area contributed by atoms with E-state index in [0.717, 1.165) is 19.0 Å². The second-order valence-corrected chi connectivity index (χ2v) is 6.92. The Balaban J connectivity index is 1.62. The number of hydrogen-bond donors (Lipinski definition) is 0. The normalized spacial score (nSPS) is 27.0. The first-order valence-corrected chi connectivity index (χ1v) is 8.18. The van der Waals surface area contributed by atoms with Gasteiger partial charge in [-0.15, -0.1) is 0 Å². The summed E-state index contributed by atoms with van der Waals surface area (Å²) in [5.41, 5.74) is 3.04. The minimum Gasteiger partial charge on any atom is -0.308 e. The Hall–Kier alpha value is -1.13. The summed E-state index contributed by atoms with van der Waals surface area (Å²) in [5, 5.41) is 6.90. The van der Waals surface area contributed by atoms with E-state index in [-0.39, 0.29) is 0 Å². The lowest BCUT2D eigenvalue weighted by Gasteiger charge is -2.34. The Morgan fingerprint density at radius 1 is 1.24 bits per heavy atom. The first-order valence-electron chi connectivity index (χ1n) is 8.18. The highest BCUT2D eigenvalue weighted by molar-refractivity contribution is 5.83. The van der Waals surface area contributed by atoms with Crippen LogP contribution in [-0.2, 0) is 0 Å². The fourth-order valence-electron chi connectivity index (χ4n) is 3.55. The number of piperidine rings is 1. The molecule has 0 amide bonds. The Kier molecular flexibility index (Phi) is 4.45. The molecule has 116 valence electrons. The molecule has 0 spiro atoms. The lowest BCUT2D eigenvalue weighted by Crippen LogP contribution is -2.37. The molecule has 1 saturated heterocycles. The van der Waals surface area contributed by atoms with Gasteiger partial charge < -0.3 is 9.80 Å². The molecule has 1 unspecified atom stereocenters. The number of likely N-dealkylation sites (tertiary alicyclic amines) is 1. The summed E-state index contributed by atoms with van der Waals surface area (Å²) in [5.74, 6) is 0.787. The molecule has 2 heterocycles. The van der Waals surface area contributed by atoms with E-state index in [1.54, 1.807) is 5.57 Å². The van der Waals surface area contributed by atoms with Crippen LogP contribution >= 0.6 is 0 Å². The Morgan fingerprint density at radius 3 is 2.71 bits per heavy atom. The SMILES string of the molecule is CN(C)CCN1N=CC2=CC=C(C3CCN(C)CC3)CC21. The summed E-state index contributed by atoms with van der Waals surface area (Å²) < 4.78 is 0. The highest BCUT2D eigenvalue weighted by Crippen LogP contribution is 2.34. The Labute approximate surface area is 128 Å². The highest BCUT2D eigenvalue weighted by atomic mass is 15.5. The second kappa shape index (κ2) is 6.32. The van der Waals surface area contributed by atoms with Crippen LogP contribution in [0.15, 0.2) is 28.4 Å². The molecule has 0 radical (unpaired) electrons. The lowest BCUT2D eigenvalue weighted by molar-refractivity contribution is 0.205. The van der Waals surface area contributed by atoms with Crippen molar-refractivity contribution in [2.24, 2.45) is 11.0 Å². The van der Waals surface area contributed by atoms with Crippen LogP contribution in [0.25, 0.3) is 0 Å². The molecule has 0 bridgehead atoms. The summed E-state index contributed by atoms with van der Waals surface area (Å²) in [6, 6.07) is 0.490. The van der Waals surface area contributed by atoms with Crippen LogP contribution in [0.2, 0.25) is 0 Å². The van der Waals surface area contributed by atoms with Gasteiger partial charge in [-0.3, -0.25) is 5.01 Å². The van der Waals surface area contributed by atoms with Crippen LogP contribution in [-0.4, -0.2) is 74.4 Å². The first kappa shape index (κ1) is 14.8. The molecule has 2 aliphatic heterocycles. The van der Waals surface area contributed by atoms with E-state index in [0.29, 0.717) is 6.04 Å². The average Bonchev–Trinajstić information content (AvgIpc) is 2.88. The van der Waals surface area contributed by atoms with Crippen LogP contribution < -0.4 is 0 Å². The van der Waals surface area contributed by atoms with E-state index in [1.807, 2.05) is 0 Å². The highest BCUT2D eigenvalue weighted by Gasteiger charge is 2.31. The molecule has 4 nitrogen and oxygen atoms in total. The van der Waals surface area contributed by atoms with Gasteiger partial charge in [0, 0.05) is 13.1 Å². The number of rotatable bonds is 4. The van der Waals surface area contributed by atoms with Crippen LogP contribution in [0.5, 0.6) is 0 Å². The van der Waals surface area contributed by atoms with Crippen molar-refractivity contribution in [3.8, 4) is 0 Å². The fraction of sp³-hybridized carbons (Fsp3) is 0.706. The van der Waals surface area contributed by atoms with Gasteiger partial charge in [-0.2, -0.15) is 5.10 Å². The van der Waals surface area contributed by atoms with Gasteiger partial charge in [0.15, 0.2) is 0 Å². The van der Waals surface area contributed by atoms with Crippen molar-refractivity contribution in [2.75, 3.05) is 47.3 Å². The summed E-state index contributed by atoms with van der Waals surface area (Å²) in [6.07, 6.45) is 10.5. The largest absolute Gasteiger partial charge is 0.308 e. The number of fused-ring (bicyclic) bond motifs is 1. The second-order valence-electron chi connectivity index (χ2n) is 6.92. The molecular formula is C17H28N4. The topological polar surface area (TPSA) is 22.1 Å². The van der Waals surface area contributed by atoms with Crippen LogP contribution in [0.1, 0.15) is 19.3 Å². The molecular weight excluding hydrogens is 260 g/mol. The van der Waals surface area contributed by atoms with Gasteiger partial charge in [-0.1, -0.05) is 17.7 Å². The van der Waals surface area contributed by atoms with Gasteiger partial charge in [0.2, 0.25) is 0 Å². The molecule has 0 saturated carbocycles. The molecule has 0 aromatic carbocycles. The zero-order valence-corrected chi connectivity index (χ0v) is 13.6. The smallest absolute Gasteiger partial charge is 0.0773 e. The third kappa shape index (κ3) is 3.38. The van der Waals surface area contributed by atoms with Crippen molar-refractivity contribution >= 4 is 6.21 Å². The number of nitrogens with zero attached hydrogens (tertiary/aromatic N) is 4. The van der Waals surface area contributed by atoms with E-state index in [2.05, 4.69) is 59.4 Å². The Morgan fingerprint density at radius 2 is 2.00 bits per heavy atom. The molecule has 0 aromatic heterocycles. The molecule has 1 atom stereocenters. The standard InChI is InChI=1S/C17H28N4/c1-19(2)10-11-21-17-12-15(4-5-16(17)13-18-21)14-6-8-20(3)9-7-14/h4-5,13-14,17H,6-12H2,1-3H3. The maximum Gasteiger partial charge on any atom is 0.0773 e. The number of hydrazone groups is 1. The molecule has 3 rings (SSSR count). The van der Waals surface area contributed by atoms with Gasteiger partial charge in [0.1, 0.15) is 0 Å². The maximum absolute atomic E-state index is 4.62. The van der Waals surface area contributed by atoms with Crippen LogP contribution in [0, 0.1) is 5.92 Å². The molecule has 0 aromatic rings. The fourth-order valence-corrected chi connectivity index (χ4v) is 3.55. The zero-order chi connectivity index (χ0) is 14.8. The van der Waals surface area contributed by atoms with E-state index in [9.17, 15) is 0 Å². The summed E-state index contributed by atoms with van der Waals surface area (Å²) >= 11 is 0. The number of hydrogen-bond acceptors (Lipinski definition) is 4. The minimum atomic E-state index is 0.490. The summed E-state index contributed by atoms with van der Waals surface area (Å²) in [7, 11) is 6.49. The minimum absolute atomic E-state index is 0.490. The Bertz CT molecular complexity index is 455. The summed E-state index contributed by atoms with van der Waals surface area (Å²) in [4.78, 5) is 4.68. The predicted octanol–water partition coefficient (Wildman–Crippen LogP) is 1.82. The molecule has 0 N–H and O–H groups in total. The third-order valence-electron chi connectivity index (χ3n) is 5.04. The third-order valence-corrected chi connectivity index (χ3v) is 5.04. The van der Waals surface area contributed by atoms with Crippen LogP contribution in [0.4, 0.5) is 0 Å². The molecule has 21 heavy (non-hydrogen) atoms. The number of allylic oxidation sites excluding steroid dienone is 2. The van der Waals surface area contributed by atoms with Gasteiger partial charge in [0.05, 0.1) is 12.3 Å². The van der Waals surface area contributed by atoms with E-state index < -0.39 is 0 Å². The predicted molar refractivity (Wildman–Crippen MR) is 88.5 cm³/mol. The molecule has 4 heteroatoms. The lowest BCUT2D eigenvalue weighted by atomic mass is 9.82. The van der Waals surface area contributed by atoms with E-state index in [1.165, 1.54) is 37.9 Å². The maximum atomic E-state index is 4.62. The average molecular weight is 288 g/mol. The molecule has 3 aliphatic rings. The van der Waals surface area contributed by atoms with E-state index >= 15 is 0 Å². The molecule has 1 aliphatic carbocycles. The van der Waals surface area contributed by atoms with Crippen molar-refractivity contribution in [2.45, 2.75) is 25.3 Å². The number of likely N-dealkylation sites (N-methyl/N-ethyl adjacent to an activating group) is 1. The molecule has 1 fully saturated rings. The van der Waals surface area contributed by atoms with Crippen molar-refractivity contribution < 1.29 is 0 Å². The van der Waals surface area contributed by atoms with Gasteiger partial charge in [0.25, 0.3) is 0 Å². The quantitative estimate of drug-likeness (QED) is 0.788. The van der Waals surface area contributed by atoms with Crippen molar-refractivity contribution in [1.82, 2.24) is 14.8 Å². The van der Waals surface area contributed by atoms with Gasteiger partial charge >= 0.3 is 0 Å².